The number of nitrogens with two attached hydrogens (primary N) is 1. The van der Waals surface area contributed by atoms with Gasteiger partial charge >= 0.3 is 0 Å². The van der Waals surface area contributed by atoms with E-state index in [1.165, 1.54) is 0 Å². The average molecular weight is 293 g/mol. The Bertz CT molecular complexity index is 585. The third kappa shape index (κ3) is 3.48. The summed E-state index contributed by atoms with van der Waals surface area (Å²) in [4.78, 5) is 4.12. The Morgan fingerprint density at radius 2 is 1.95 bits per heavy atom. The number of rotatable bonds is 5. The van der Waals surface area contributed by atoms with Gasteiger partial charge in [0.05, 0.1) is 18.9 Å². The van der Waals surface area contributed by atoms with Crippen LogP contribution in [0.25, 0.3) is 0 Å². The number of nitrogens with zero attached hydrogens (tertiary/aromatic N) is 1. The number of benzene rings is 1. The maximum absolute atomic E-state index is 9.91. The summed E-state index contributed by atoms with van der Waals surface area (Å²) in [7, 11) is 0. The first-order valence-corrected chi connectivity index (χ1v) is 6.68. The highest BCUT2D eigenvalue weighted by Gasteiger charge is 2.10. The van der Waals surface area contributed by atoms with Crippen molar-refractivity contribution in [2.75, 3.05) is 0 Å². The van der Waals surface area contributed by atoms with Gasteiger partial charge in [0.15, 0.2) is 0 Å². The van der Waals surface area contributed by atoms with E-state index < -0.39 is 0 Å². The summed E-state index contributed by atoms with van der Waals surface area (Å²) in [5.74, 6) is 0.153. The first-order chi connectivity index (χ1) is 9.61. The van der Waals surface area contributed by atoms with Crippen LogP contribution in [0.2, 0.25) is 5.02 Å². The highest BCUT2D eigenvalue weighted by atomic mass is 35.5. The summed E-state index contributed by atoms with van der Waals surface area (Å²) in [6.45, 7) is 2.83. The minimum Gasteiger partial charge on any atom is -0.506 e. The van der Waals surface area contributed by atoms with E-state index in [-0.39, 0.29) is 12.3 Å². The standard InChI is InChI=1S/C15H17ClN2O2/c1-10-15(19)14(6-17)12(7-18-10)9-20-8-11-2-4-13(16)5-3-11/h2-5,7,19H,6,8-9,17H2,1H3. The third-order valence-electron chi connectivity index (χ3n) is 3.07. The van der Waals surface area contributed by atoms with Crippen molar-refractivity contribution in [1.82, 2.24) is 4.98 Å². The monoisotopic (exact) mass is 292 g/mol. The summed E-state index contributed by atoms with van der Waals surface area (Å²) in [6, 6.07) is 7.48. The van der Waals surface area contributed by atoms with Crippen LogP contribution in [-0.2, 0) is 24.5 Å². The lowest BCUT2D eigenvalue weighted by molar-refractivity contribution is 0.106. The van der Waals surface area contributed by atoms with Crippen LogP contribution in [-0.4, -0.2) is 10.1 Å². The molecular weight excluding hydrogens is 276 g/mol. The predicted molar refractivity (Wildman–Crippen MR) is 78.5 cm³/mol. The molecule has 0 aliphatic heterocycles. The van der Waals surface area contributed by atoms with Gasteiger partial charge in [-0.05, 0) is 24.6 Å². The molecule has 4 nitrogen and oxygen atoms in total. The molecular formula is C15H17ClN2O2. The third-order valence-corrected chi connectivity index (χ3v) is 3.33. The molecule has 2 aromatic rings. The summed E-state index contributed by atoms with van der Waals surface area (Å²) in [6.07, 6.45) is 1.69. The van der Waals surface area contributed by atoms with Gasteiger partial charge in [-0.1, -0.05) is 23.7 Å². The number of halogens is 1. The lowest BCUT2D eigenvalue weighted by atomic mass is 10.1. The second kappa shape index (κ2) is 6.70. The molecule has 1 heterocycles. The Balaban J connectivity index is 2.01. The SMILES string of the molecule is Cc1ncc(COCc2ccc(Cl)cc2)c(CN)c1O. The van der Waals surface area contributed by atoms with E-state index in [2.05, 4.69) is 4.98 Å². The highest BCUT2D eigenvalue weighted by Crippen LogP contribution is 2.23. The number of hydrogen-bond acceptors (Lipinski definition) is 4. The van der Waals surface area contributed by atoms with Crippen molar-refractivity contribution in [3.05, 3.63) is 57.9 Å². The predicted octanol–water partition coefficient (Wildman–Crippen LogP) is 2.92. The lowest BCUT2D eigenvalue weighted by Crippen LogP contribution is -2.06. The minimum atomic E-state index is 0.153. The summed E-state index contributed by atoms with van der Waals surface area (Å²) in [5, 5.41) is 10.6. The van der Waals surface area contributed by atoms with Crippen molar-refractivity contribution >= 4 is 11.6 Å². The molecule has 0 aliphatic carbocycles. The first-order valence-electron chi connectivity index (χ1n) is 6.30. The number of aromatic nitrogens is 1. The van der Waals surface area contributed by atoms with Gasteiger partial charge < -0.3 is 15.6 Å². The van der Waals surface area contributed by atoms with E-state index in [4.69, 9.17) is 22.1 Å². The van der Waals surface area contributed by atoms with Crippen LogP contribution < -0.4 is 5.73 Å². The van der Waals surface area contributed by atoms with Crippen LogP contribution in [0.5, 0.6) is 5.75 Å². The lowest BCUT2D eigenvalue weighted by Gasteiger charge is -2.11. The smallest absolute Gasteiger partial charge is 0.141 e. The number of ether oxygens (including phenoxy) is 1. The number of aryl methyl sites for hydroxylation is 1. The van der Waals surface area contributed by atoms with E-state index in [0.29, 0.717) is 29.5 Å². The van der Waals surface area contributed by atoms with Crippen LogP contribution in [0.4, 0.5) is 0 Å². The Kier molecular flexibility index (Phi) is 4.95. The highest BCUT2D eigenvalue weighted by molar-refractivity contribution is 6.30. The van der Waals surface area contributed by atoms with Crippen LogP contribution in [0, 0.1) is 6.92 Å². The molecule has 0 aliphatic rings. The fraction of sp³-hybridized carbons (Fsp3) is 0.267. The van der Waals surface area contributed by atoms with Crippen molar-refractivity contribution in [2.24, 2.45) is 5.73 Å². The van der Waals surface area contributed by atoms with Crippen molar-refractivity contribution in [1.29, 1.82) is 0 Å². The van der Waals surface area contributed by atoms with Gasteiger partial charge in [-0.25, -0.2) is 0 Å². The van der Waals surface area contributed by atoms with Crippen LogP contribution in [0.15, 0.2) is 30.5 Å². The molecule has 0 saturated heterocycles. The summed E-state index contributed by atoms with van der Waals surface area (Å²) in [5.41, 5.74) is 8.77. The van der Waals surface area contributed by atoms with E-state index in [0.717, 1.165) is 11.1 Å². The molecule has 0 fully saturated rings. The zero-order chi connectivity index (χ0) is 14.5. The van der Waals surface area contributed by atoms with E-state index in [1.54, 1.807) is 13.1 Å². The number of pyridine rings is 1. The van der Waals surface area contributed by atoms with Gasteiger partial charge in [-0.3, -0.25) is 4.98 Å². The van der Waals surface area contributed by atoms with Gasteiger partial charge in [0, 0.05) is 28.9 Å². The Labute approximate surface area is 123 Å². The van der Waals surface area contributed by atoms with Crippen molar-refractivity contribution in [3.63, 3.8) is 0 Å². The summed E-state index contributed by atoms with van der Waals surface area (Å²) < 4.78 is 5.63. The zero-order valence-electron chi connectivity index (χ0n) is 11.3. The van der Waals surface area contributed by atoms with E-state index in [1.807, 2.05) is 24.3 Å². The van der Waals surface area contributed by atoms with Gasteiger partial charge in [-0.15, -0.1) is 0 Å². The molecule has 0 radical (unpaired) electrons. The maximum atomic E-state index is 9.91. The number of hydrogen-bond donors (Lipinski definition) is 2. The maximum Gasteiger partial charge on any atom is 0.141 e. The number of aromatic hydroxyl groups is 1. The molecule has 0 amide bonds. The fourth-order valence-corrected chi connectivity index (χ4v) is 2.02. The minimum absolute atomic E-state index is 0.153. The Hall–Kier alpha value is -1.62. The molecule has 2 rings (SSSR count). The van der Waals surface area contributed by atoms with E-state index in [9.17, 15) is 5.11 Å². The molecule has 0 saturated carbocycles. The molecule has 3 N–H and O–H groups in total. The van der Waals surface area contributed by atoms with Gasteiger partial charge in [0.1, 0.15) is 5.75 Å². The molecule has 0 spiro atoms. The normalized spacial score (nSPS) is 10.8. The van der Waals surface area contributed by atoms with Gasteiger partial charge in [0.2, 0.25) is 0 Å². The molecule has 0 atom stereocenters. The summed E-state index contributed by atoms with van der Waals surface area (Å²) >= 11 is 5.82. The van der Waals surface area contributed by atoms with Crippen molar-refractivity contribution in [2.45, 2.75) is 26.7 Å². The fourth-order valence-electron chi connectivity index (χ4n) is 1.90. The largest absolute Gasteiger partial charge is 0.506 e. The molecule has 0 unspecified atom stereocenters. The van der Waals surface area contributed by atoms with Gasteiger partial charge in [0.25, 0.3) is 0 Å². The zero-order valence-corrected chi connectivity index (χ0v) is 12.0. The molecule has 1 aromatic carbocycles. The van der Waals surface area contributed by atoms with Crippen LogP contribution in [0.3, 0.4) is 0 Å². The quantitative estimate of drug-likeness (QED) is 0.889. The van der Waals surface area contributed by atoms with Crippen molar-refractivity contribution in [3.8, 4) is 5.75 Å². The topological polar surface area (TPSA) is 68.4 Å². The van der Waals surface area contributed by atoms with Crippen LogP contribution >= 0.6 is 11.6 Å². The van der Waals surface area contributed by atoms with E-state index >= 15 is 0 Å². The molecule has 106 valence electrons. The molecule has 0 bridgehead atoms. The van der Waals surface area contributed by atoms with Crippen molar-refractivity contribution < 1.29 is 9.84 Å². The van der Waals surface area contributed by atoms with Crippen LogP contribution in [0.1, 0.15) is 22.4 Å². The van der Waals surface area contributed by atoms with Gasteiger partial charge in [-0.2, -0.15) is 0 Å². The molecule has 5 heteroatoms. The second-order valence-corrected chi connectivity index (χ2v) is 4.96. The Morgan fingerprint density at radius 1 is 1.25 bits per heavy atom. The molecule has 20 heavy (non-hydrogen) atoms. The average Bonchev–Trinajstić information content (AvgIpc) is 2.45. The first kappa shape index (κ1) is 14.8. The molecule has 1 aromatic heterocycles. The Morgan fingerprint density at radius 3 is 2.60 bits per heavy atom. The second-order valence-electron chi connectivity index (χ2n) is 4.52.